The number of rotatable bonds is 3. The molecule has 0 amide bonds. The average Bonchev–Trinajstić information content (AvgIpc) is 2.43. The smallest absolute Gasteiger partial charge is 0.172 e. The lowest BCUT2D eigenvalue weighted by Gasteiger charge is -2.07. The van der Waals surface area contributed by atoms with Crippen molar-refractivity contribution in [1.29, 1.82) is 5.26 Å². The fourth-order valence-electron chi connectivity index (χ4n) is 1.26. The van der Waals surface area contributed by atoms with Crippen molar-refractivity contribution in [1.82, 2.24) is 0 Å². The average molecular weight is 169 g/mol. The van der Waals surface area contributed by atoms with Gasteiger partial charge in [0.15, 0.2) is 12.4 Å². The van der Waals surface area contributed by atoms with Crippen molar-refractivity contribution in [2.75, 3.05) is 0 Å². The molecule has 0 bridgehead atoms. The molecule has 1 fully saturated rings. The quantitative estimate of drug-likeness (QED) is 0.647. The molecule has 1 aliphatic heterocycles. The van der Waals surface area contributed by atoms with Crippen LogP contribution in [0.2, 0.25) is 0 Å². The van der Waals surface area contributed by atoms with Gasteiger partial charge >= 0.3 is 0 Å². The maximum absolute atomic E-state index is 8.62. The third-order valence-electron chi connectivity index (χ3n) is 2.01. The maximum Gasteiger partial charge on any atom is 0.172 e. The number of hydrogen-bond acceptors (Lipinski definition) is 3. The van der Waals surface area contributed by atoms with E-state index < -0.39 is 0 Å². The van der Waals surface area contributed by atoms with Crippen molar-refractivity contribution < 1.29 is 9.47 Å². The summed E-state index contributed by atoms with van der Waals surface area (Å²) in [4.78, 5) is 0. The van der Waals surface area contributed by atoms with Crippen LogP contribution in [0.25, 0.3) is 0 Å². The Balaban J connectivity index is 2.29. The predicted molar refractivity (Wildman–Crippen MR) is 44.3 cm³/mol. The van der Waals surface area contributed by atoms with Gasteiger partial charge in [-0.05, 0) is 19.8 Å². The molecule has 1 rings (SSSR count). The van der Waals surface area contributed by atoms with E-state index in [1.54, 1.807) is 0 Å². The minimum atomic E-state index is -0.369. The summed E-state index contributed by atoms with van der Waals surface area (Å²) >= 11 is 0. The van der Waals surface area contributed by atoms with Gasteiger partial charge in [0.1, 0.15) is 0 Å². The molecule has 0 aliphatic carbocycles. The summed E-state index contributed by atoms with van der Waals surface area (Å²) in [7, 11) is 0. The number of hydrogen-bond donors (Lipinski definition) is 0. The minimum absolute atomic E-state index is 0.0724. The van der Waals surface area contributed by atoms with Crippen molar-refractivity contribution in [3.05, 3.63) is 0 Å². The van der Waals surface area contributed by atoms with E-state index in [2.05, 4.69) is 13.0 Å². The van der Waals surface area contributed by atoms with Crippen molar-refractivity contribution in [2.24, 2.45) is 0 Å². The first-order valence-electron chi connectivity index (χ1n) is 4.48. The van der Waals surface area contributed by atoms with Gasteiger partial charge < -0.3 is 9.47 Å². The Morgan fingerprint density at radius 3 is 2.67 bits per heavy atom. The van der Waals surface area contributed by atoms with Gasteiger partial charge in [0.05, 0.1) is 12.2 Å². The Kier molecular flexibility index (Phi) is 3.51. The van der Waals surface area contributed by atoms with E-state index >= 15 is 0 Å². The molecule has 0 aromatic heterocycles. The second-order valence-corrected chi connectivity index (χ2v) is 3.10. The van der Waals surface area contributed by atoms with Gasteiger partial charge in [0.25, 0.3) is 0 Å². The van der Waals surface area contributed by atoms with Gasteiger partial charge in [0.2, 0.25) is 0 Å². The summed E-state index contributed by atoms with van der Waals surface area (Å²) in [6, 6.07) is 2.07. The molecule has 0 spiro atoms. The molecule has 0 saturated carbocycles. The highest BCUT2D eigenvalue weighted by molar-refractivity contribution is 4.92. The van der Waals surface area contributed by atoms with E-state index in [1.807, 2.05) is 6.92 Å². The molecule has 1 aliphatic rings. The standard InChI is InChI=1S/C9H15NO2/c1-3-4-5-9-11-7(2)8(6-10)12-9/h7-9H,3-5H2,1-2H3. The Morgan fingerprint density at radius 1 is 1.42 bits per heavy atom. The first kappa shape index (κ1) is 9.50. The minimum Gasteiger partial charge on any atom is -0.346 e. The topological polar surface area (TPSA) is 42.2 Å². The molecule has 0 N–H and O–H groups in total. The van der Waals surface area contributed by atoms with Crippen LogP contribution in [0.15, 0.2) is 0 Å². The van der Waals surface area contributed by atoms with Gasteiger partial charge in [-0.15, -0.1) is 0 Å². The lowest BCUT2D eigenvalue weighted by Crippen LogP contribution is -2.15. The summed E-state index contributed by atoms with van der Waals surface area (Å²) in [5.41, 5.74) is 0. The van der Waals surface area contributed by atoms with Gasteiger partial charge in [-0.25, -0.2) is 0 Å². The lowest BCUT2D eigenvalue weighted by molar-refractivity contribution is -0.0649. The third-order valence-corrected chi connectivity index (χ3v) is 2.01. The molecule has 3 nitrogen and oxygen atoms in total. The van der Waals surface area contributed by atoms with Gasteiger partial charge in [-0.3, -0.25) is 0 Å². The van der Waals surface area contributed by atoms with E-state index in [1.165, 1.54) is 0 Å². The number of ether oxygens (including phenoxy) is 2. The zero-order valence-electron chi connectivity index (χ0n) is 7.62. The van der Waals surface area contributed by atoms with Crippen LogP contribution in [0.5, 0.6) is 0 Å². The van der Waals surface area contributed by atoms with Crippen molar-refractivity contribution in [3.8, 4) is 6.07 Å². The molecular weight excluding hydrogens is 154 g/mol. The highest BCUT2D eigenvalue weighted by Crippen LogP contribution is 2.21. The van der Waals surface area contributed by atoms with Crippen molar-refractivity contribution in [2.45, 2.75) is 51.6 Å². The third kappa shape index (κ3) is 2.20. The zero-order chi connectivity index (χ0) is 8.97. The van der Waals surface area contributed by atoms with E-state index in [0.29, 0.717) is 0 Å². The summed E-state index contributed by atoms with van der Waals surface area (Å²) in [5, 5.41) is 8.62. The van der Waals surface area contributed by atoms with E-state index in [-0.39, 0.29) is 18.5 Å². The first-order chi connectivity index (χ1) is 5.77. The SMILES string of the molecule is CCCCC1OC(C)C(C#N)O1. The summed E-state index contributed by atoms with van der Waals surface area (Å²) in [6.07, 6.45) is 2.54. The number of unbranched alkanes of at least 4 members (excludes halogenated alkanes) is 1. The Hall–Kier alpha value is -0.590. The molecule has 0 aromatic rings. The Labute approximate surface area is 73.3 Å². The molecule has 1 saturated heterocycles. The zero-order valence-corrected chi connectivity index (χ0v) is 7.62. The molecule has 3 heteroatoms. The summed E-state index contributed by atoms with van der Waals surface area (Å²) < 4.78 is 10.8. The maximum atomic E-state index is 8.62. The van der Waals surface area contributed by atoms with Crippen molar-refractivity contribution in [3.63, 3.8) is 0 Å². The second kappa shape index (κ2) is 4.44. The predicted octanol–water partition coefficient (Wildman–Crippen LogP) is 1.83. The molecule has 3 unspecified atom stereocenters. The largest absolute Gasteiger partial charge is 0.346 e. The van der Waals surface area contributed by atoms with Gasteiger partial charge in [0, 0.05) is 0 Å². The van der Waals surface area contributed by atoms with E-state index in [9.17, 15) is 0 Å². The van der Waals surface area contributed by atoms with E-state index in [0.717, 1.165) is 19.3 Å². The van der Waals surface area contributed by atoms with Crippen LogP contribution in [0.4, 0.5) is 0 Å². The first-order valence-corrected chi connectivity index (χ1v) is 4.48. The van der Waals surface area contributed by atoms with Crippen molar-refractivity contribution >= 4 is 0 Å². The van der Waals surface area contributed by atoms with Crippen LogP contribution in [0, 0.1) is 11.3 Å². The molecule has 12 heavy (non-hydrogen) atoms. The monoisotopic (exact) mass is 169 g/mol. The summed E-state index contributed by atoms with van der Waals surface area (Å²) in [5.74, 6) is 0. The molecule has 1 heterocycles. The van der Waals surface area contributed by atoms with Gasteiger partial charge in [-0.2, -0.15) is 5.26 Å². The molecule has 3 atom stereocenters. The highest BCUT2D eigenvalue weighted by atomic mass is 16.7. The normalized spacial score (nSPS) is 34.9. The Morgan fingerprint density at radius 2 is 2.17 bits per heavy atom. The lowest BCUT2D eigenvalue weighted by atomic mass is 10.2. The molecule has 68 valence electrons. The molecule has 0 radical (unpaired) electrons. The highest BCUT2D eigenvalue weighted by Gasteiger charge is 2.32. The van der Waals surface area contributed by atoms with Crippen LogP contribution in [0.3, 0.4) is 0 Å². The van der Waals surface area contributed by atoms with Crippen LogP contribution in [-0.4, -0.2) is 18.5 Å². The number of nitrogens with zero attached hydrogens (tertiary/aromatic N) is 1. The van der Waals surface area contributed by atoms with Crippen LogP contribution >= 0.6 is 0 Å². The second-order valence-electron chi connectivity index (χ2n) is 3.10. The Bertz CT molecular complexity index is 176. The number of nitriles is 1. The van der Waals surface area contributed by atoms with Crippen LogP contribution in [0.1, 0.15) is 33.1 Å². The fraction of sp³-hybridized carbons (Fsp3) is 0.889. The molecular formula is C9H15NO2. The van der Waals surface area contributed by atoms with Gasteiger partial charge in [-0.1, -0.05) is 13.3 Å². The fourth-order valence-corrected chi connectivity index (χ4v) is 1.26. The summed E-state index contributed by atoms with van der Waals surface area (Å²) in [6.45, 7) is 4.00. The molecule has 0 aromatic carbocycles. The van der Waals surface area contributed by atoms with Crippen LogP contribution in [-0.2, 0) is 9.47 Å². The van der Waals surface area contributed by atoms with Crippen LogP contribution < -0.4 is 0 Å². The van der Waals surface area contributed by atoms with E-state index in [4.69, 9.17) is 14.7 Å².